The number of nitrogens with two attached hydrogens (primary N) is 2. The molecule has 1 aromatic carbocycles. The molecule has 6 N–H and O–H groups in total. The van der Waals surface area contributed by atoms with Crippen LogP contribution >= 0.6 is 11.6 Å². The predicted octanol–water partition coefficient (Wildman–Crippen LogP) is 1.08. The molecule has 1 aromatic heterocycles. The van der Waals surface area contributed by atoms with Crippen molar-refractivity contribution in [3.05, 3.63) is 46.2 Å². The summed E-state index contributed by atoms with van der Waals surface area (Å²) in [7, 11) is -3.86. The minimum Gasteiger partial charge on any atom is -0.382 e. The SMILES string of the molecule is CC[C@H]1CN(c2nc(N)c(C(=O)NCCNS(N)(=O)=O)nc2Cl)CCN1C1CCN(Cc2ccc(F)c(F)c2)CC1. The summed E-state index contributed by atoms with van der Waals surface area (Å²) in [5.74, 6) is -1.95. The van der Waals surface area contributed by atoms with Crippen molar-refractivity contribution in [3.63, 3.8) is 0 Å². The summed E-state index contributed by atoms with van der Waals surface area (Å²) in [6, 6.07) is 4.73. The van der Waals surface area contributed by atoms with Gasteiger partial charge in [-0.1, -0.05) is 24.6 Å². The van der Waals surface area contributed by atoms with Crippen LogP contribution in [-0.2, 0) is 16.8 Å². The number of amides is 1. The van der Waals surface area contributed by atoms with E-state index >= 15 is 0 Å². The van der Waals surface area contributed by atoms with E-state index in [1.807, 2.05) is 4.90 Å². The van der Waals surface area contributed by atoms with Gasteiger partial charge in [0.2, 0.25) is 0 Å². The number of hydrogen-bond donors (Lipinski definition) is 4. The molecule has 0 radical (unpaired) electrons. The molecule has 1 amide bonds. The Bertz CT molecular complexity index is 1350. The van der Waals surface area contributed by atoms with E-state index in [0.717, 1.165) is 44.5 Å². The quantitative estimate of drug-likeness (QED) is 0.286. The number of piperidine rings is 1. The van der Waals surface area contributed by atoms with E-state index < -0.39 is 27.8 Å². The molecule has 0 aliphatic carbocycles. The maximum Gasteiger partial charge on any atom is 0.274 e. The largest absolute Gasteiger partial charge is 0.382 e. The maximum absolute atomic E-state index is 13.6. The van der Waals surface area contributed by atoms with Crippen molar-refractivity contribution in [2.45, 2.75) is 44.8 Å². The van der Waals surface area contributed by atoms with E-state index in [1.54, 1.807) is 6.07 Å². The van der Waals surface area contributed by atoms with Crippen molar-refractivity contribution in [2.75, 3.05) is 56.4 Å². The summed E-state index contributed by atoms with van der Waals surface area (Å²) < 4.78 is 50.8. The van der Waals surface area contributed by atoms with Gasteiger partial charge >= 0.3 is 0 Å². The van der Waals surface area contributed by atoms with E-state index in [9.17, 15) is 22.0 Å². The maximum atomic E-state index is 13.6. The van der Waals surface area contributed by atoms with Crippen LogP contribution in [0.5, 0.6) is 0 Å². The molecular weight excluding hydrogens is 580 g/mol. The Hall–Kier alpha value is -2.69. The standard InChI is InChI=1S/C25H36ClF2N9O3S/c1-2-17-15-36(24-22(26)33-21(23(29)34-24)25(38)31-7-8-32-41(30,39)40)11-12-37(17)18-5-9-35(10-6-18)14-16-3-4-19(27)20(28)13-16/h3-4,13,17-18,32H,2,5-12,14-15H2,1H3,(H2,29,34)(H,31,38)(H2,30,39,40)/t17-/m0/s1. The van der Waals surface area contributed by atoms with Gasteiger partial charge in [0.05, 0.1) is 0 Å². The third kappa shape index (κ3) is 8.20. The Morgan fingerprint density at radius 1 is 1.12 bits per heavy atom. The van der Waals surface area contributed by atoms with Gasteiger partial charge in [0.25, 0.3) is 16.1 Å². The number of likely N-dealkylation sites (tertiary alicyclic amines) is 1. The Balaban J connectivity index is 1.32. The molecule has 0 bridgehead atoms. The molecule has 0 unspecified atom stereocenters. The molecule has 4 rings (SSSR count). The van der Waals surface area contributed by atoms with Crippen molar-refractivity contribution in [1.29, 1.82) is 0 Å². The number of aromatic nitrogens is 2. The molecule has 16 heteroatoms. The van der Waals surface area contributed by atoms with Crippen LogP contribution in [-0.4, -0.2) is 92.0 Å². The summed E-state index contributed by atoms with van der Waals surface area (Å²) in [5.41, 5.74) is 6.68. The Labute approximate surface area is 243 Å². The van der Waals surface area contributed by atoms with E-state index in [2.05, 4.69) is 36.7 Å². The highest BCUT2D eigenvalue weighted by Gasteiger charge is 2.34. The van der Waals surface area contributed by atoms with Crippen LogP contribution in [0, 0.1) is 11.6 Å². The third-order valence-corrected chi connectivity index (χ3v) is 8.37. The Morgan fingerprint density at radius 2 is 1.85 bits per heavy atom. The van der Waals surface area contributed by atoms with E-state index in [1.165, 1.54) is 12.1 Å². The molecule has 2 aliphatic rings. The zero-order valence-corrected chi connectivity index (χ0v) is 24.4. The summed E-state index contributed by atoms with van der Waals surface area (Å²) in [6.07, 6.45) is 2.87. The van der Waals surface area contributed by atoms with Gasteiger partial charge < -0.3 is 16.0 Å². The topological polar surface area (TPSA) is 163 Å². The number of anilines is 2. The molecule has 2 aromatic rings. The van der Waals surface area contributed by atoms with Gasteiger partial charge in [-0.3, -0.25) is 14.6 Å². The highest BCUT2D eigenvalue weighted by Crippen LogP contribution is 2.30. The molecule has 226 valence electrons. The van der Waals surface area contributed by atoms with Crippen LogP contribution < -0.4 is 25.8 Å². The second-order valence-electron chi connectivity index (χ2n) is 10.3. The van der Waals surface area contributed by atoms with E-state index in [4.69, 9.17) is 22.5 Å². The van der Waals surface area contributed by atoms with E-state index in [-0.39, 0.29) is 35.8 Å². The highest BCUT2D eigenvalue weighted by atomic mass is 35.5. The molecule has 1 atom stereocenters. The average molecular weight is 616 g/mol. The number of nitrogens with one attached hydrogen (secondary N) is 2. The molecule has 41 heavy (non-hydrogen) atoms. The van der Waals surface area contributed by atoms with Crippen LogP contribution in [0.1, 0.15) is 42.2 Å². The Kier molecular flexibility index (Phi) is 10.3. The summed E-state index contributed by atoms with van der Waals surface area (Å²) >= 11 is 6.45. The van der Waals surface area contributed by atoms with Crippen LogP contribution in [0.3, 0.4) is 0 Å². The van der Waals surface area contributed by atoms with Gasteiger partial charge in [-0.15, -0.1) is 0 Å². The van der Waals surface area contributed by atoms with Gasteiger partial charge in [-0.25, -0.2) is 28.6 Å². The van der Waals surface area contributed by atoms with Crippen LogP contribution in [0.15, 0.2) is 18.2 Å². The van der Waals surface area contributed by atoms with Gasteiger partial charge in [0.1, 0.15) is 0 Å². The number of halogens is 3. The van der Waals surface area contributed by atoms with Crippen molar-refractivity contribution in [2.24, 2.45) is 5.14 Å². The minimum absolute atomic E-state index is 0.0282. The number of nitrogens with zero attached hydrogens (tertiary/aromatic N) is 5. The first-order valence-corrected chi connectivity index (χ1v) is 15.4. The van der Waals surface area contributed by atoms with Gasteiger partial charge in [0.15, 0.2) is 34.1 Å². The lowest BCUT2D eigenvalue weighted by Gasteiger charge is -2.47. The molecular formula is C25H36ClF2N9O3S. The van der Waals surface area contributed by atoms with Crippen molar-refractivity contribution < 1.29 is 22.0 Å². The molecule has 2 aliphatic heterocycles. The fraction of sp³-hybridized carbons (Fsp3) is 0.560. The molecule has 2 saturated heterocycles. The summed E-state index contributed by atoms with van der Waals surface area (Å²) in [4.78, 5) is 27.9. The van der Waals surface area contributed by atoms with E-state index in [0.29, 0.717) is 31.5 Å². The second kappa shape index (κ2) is 13.5. The number of carbonyl (C=O) groups excluding carboxylic acids is 1. The number of benzene rings is 1. The fourth-order valence-corrected chi connectivity index (χ4v) is 6.08. The first-order chi connectivity index (χ1) is 19.4. The monoisotopic (exact) mass is 615 g/mol. The summed E-state index contributed by atoms with van der Waals surface area (Å²) in [5, 5.41) is 7.42. The van der Waals surface area contributed by atoms with Crippen molar-refractivity contribution >= 4 is 39.4 Å². The molecule has 0 spiro atoms. The lowest BCUT2D eigenvalue weighted by atomic mass is 9.98. The van der Waals surface area contributed by atoms with Crippen LogP contribution in [0.2, 0.25) is 5.15 Å². The van der Waals surface area contributed by atoms with Crippen molar-refractivity contribution in [3.8, 4) is 0 Å². The number of nitrogen functional groups attached to an aromatic ring is 1. The number of rotatable bonds is 10. The lowest BCUT2D eigenvalue weighted by molar-refractivity contribution is 0.0610. The van der Waals surface area contributed by atoms with Crippen LogP contribution in [0.25, 0.3) is 0 Å². The number of hydrogen-bond acceptors (Lipinski definition) is 9. The number of carbonyl (C=O) groups is 1. The second-order valence-corrected chi connectivity index (χ2v) is 12.0. The fourth-order valence-electron chi connectivity index (χ4n) is 5.45. The molecule has 0 saturated carbocycles. The minimum atomic E-state index is -3.86. The molecule has 12 nitrogen and oxygen atoms in total. The van der Waals surface area contributed by atoms with Gasteiger partial charge in [-0.05, 0) is 50.0 Å². The predicted molar refractivity (Wildman–Crippen MR) is 153 cm³/mol. The normalized spacial score (nSPS) is 19.4. The van der Waals surface area contributed by atoms with Gasteiger partial charge in [-0.2, -0.15) is 8.42 Å². The smallest absolute Gasteiger partial charge is 0.274 e. The third-order valence-electron chi connectivity index (χ3n) is 7.51. The molecule has 2 fully saturated rings. The lowest BCUT2D eigenvalue weighted by Crippen LogP contribution is -2.58. The highest BCUT2D eigenvalue weighted by molar-refractivity contribution is 7.87. The molecule has 3 heterocycles. The Morgan fingerprint density at radius 3 is 2.51 bits per heavy atom. The summed E-state index contributed by atoms with van der Waals surface area (Å²) in [6.45, 7) is 6.47. The first kappa shape index (κ1) is 31.3. The van der Waals surface area contributed by atoms with Gasteiger partial charge in [0, 0.05) is 51.4 Å². The first-order valence-electron chi connectivity index (χ1n) is 13.5. The average Bonchev–Trinajstić information content (AvgIpc) is 2.93. The zero-order chi connectivity index (χ0) is 29.7. The zero-order valence-electron chi connectivity index (χ0n) is 22.8. The van der Waals surface area contributed by atoms with Crippen molar-refractivity contribution in [1.82, 2.24) is 29.8 Å². The number of piperazine rings is 1. The van der Waals surface area contributed by atoms with Crippen LogP contribution in [0.4, 0.5) is 20.4 Å².